The third-order valence-corrected chi connectivity index (χ3v) is 4.69. The maximum absolute atomic E-state index is 5.91. The summed E-state index contributed by atoms with van der Waals surface area (Å²) < 4.78 is 16.7. The molecule has 1 aliphatic heterocycles. The summed E-state index contributed by atoms with van der Waals surface area (Å²) >= 11 is 0. The van der Waals surface area contributed by atoms with Crippen molar-refractivity contribution in [2.45, 2.75) is 32.9 Å². The zero-order valence-corrected chi connectivity index (χ0v) is 21.2. The Hall–Kier alpha value is -1.10. The number of hydrogen-bond donors (Lipinski definition) is 2. The Morgan fingerprint density at radius 3 is 2.87 bits per heavy atom. The Balaban J connectivity index is 0.00000450. The van der Waals surface area contributed by atoms with Crippen molar-refractivity contribution in [3.05, 3.63) is 29.8 Å². The summed E-state index contributed by atoms with van der Waals surface area (Å²) in [6, 6.07) is 8.13. The number of hydrogen-bond acceptors (Lipinski definition) is 5. The van der Waals surface area contributed by atoms with Gasteiger partial charge in [0.15, 0.2) is 5.96 Å². The average molecular weight is 534 g/mol. The number of ether oxygens (including phenoxy) is 3. The zero-order chi connectivity index (χ0) is 20.9. The lowest BCUT2D eigenvalue weighted by molar-refractivity contribution is -0.0284. The van der Waals surface area contributed by atoms with E-state index in [1.54, 1.807) is 14.2 Å². The minimum absolute atomic E-state index is 0. The second-order valence-corrected chi connectivity index (χ2v) is 7.80. The van der Waals surface area contributed by atoms with Gasteiger partial charge in [0.05, 0.1) is 19.3 Å². The fraction of sp³-hybridized carbons (Fsp3) is 0.682. The van der Waals surface area contributed by atoms with E-state index in [1.165, 1.54) is 0 Å². The Kier molecular flexibility index (Phi) is 14.1. The van der Waals surface area contributed by atoms with Crippen LogP contribution in [0, 0.1) is 5.92 Å². The summed E-state index contributed by atoms with van der Waals surface area (Å²) in [4.78, 5) is 6.81. The number of rotatable bonds is 11. The molecular formula is C22H39IN4O3. The minimum atomic E-state index is 0. The molecule has 0 radical (unpaired) electrons. The van der Waals surface area contributed by atoms with Crippen molar-refractivity contribution in [1.29, 1.82) is 0 Å². The van der Waals surface area contributed by atoms with Crippen molar-refractivity contribution in [2.75, 3.05) is 60.2 Å². The number of nitrogens with zero attached hydrogens (tertiary/aromatic N) is 2. The molecule has 1 heterocycles. The van der Waals surface area contributed by atoms with E-state index < -0.39 is 0 Å². The third-order valence-electron chi connectivity index (χ3n) is 4.69. The fourth-order valence-corrected chi connectivity index (χ4v) is 3.34. The first-order valence-electron chi connectivity index (χ1n) is 10.6. The summed E-state index contributed by atoms with van der Waals surface area (Å²) in [5.74, 6) is 2.33. The van der Waals surface area contributed by atoms with Crippen LogP contribution in [0.15, 0.2) is 29.3 Å². The van der Waals surface area contributed by atoms with Crippen molar-refractivity contribution >= 4 is 29.9 Å². The molecule has 0 aromatic heterocycles. The van der Waals surface area contributed by atoms with E-state index in [9.17, 15) is 0 Å². The molecule has 0 spiro atoms. The number of benzene rings is 1. The molecule has 1 fully saturated rings. The molecule has 7 nitrogen and oxygen atoms in total. The maximum atomic E-state index is 5.91. The van der Waals surface area contributed by atoms with Gasteiger partial charge >= 0.3 is 0 Å². The van der Waals surface area contributed by atoms with Gasteiger partial charge in [-0.25, -0.2) is 0 Å². The highest BCUT2D eigenvalue weighted by Crippen LogP contribution is 2.13. The zero-order valence-electron chi connectivity index (χ0n) is 18.9. The van der Waals surface area contributed by atoms with Gasteiger partial charge < -0.3 is 24.8 Å². The van der Waals surface area contributed by atoms with Crippen LogP contribution in [-0.4, -0.2) is 77.1 Å². The SMILES string of the molecule is CN=C(NCc1cccc(OCCCOC)c1)NCC1CN(CC(C)C)CCO1.I. The predicted octanol–water partition coefficient (Wildman–Crippen LogP) is 2.74. The first-order valence-corrected chi connectivity index (χ1v) is 10.6. The van der Waals surface area contributed by atoms with Crippen molar-refractivity contribution < 1.29 is 14.2 Å². The number of morpholine rings is 1. The second kappa shape index (κ2) is 15.7. The quantitative estimate of drug-likeness (QED) is 0.197. The Morgan fingerprint density at radius 1 is 1.30 bits per heavy atom. The van der Waals surface area contributed by atoms with Crippen LogP contribution in [-0.2, 0) is 16.0 Å². The van der Waals surface area contributed by atoms with Gasteiger partial charge in [-0.05, 0) is 23.6 Å². The van der Waals surface area contributed by atoms with Gasteiger partial charge in [-0.15, -0.1) is 24.0 Å². The maximum Gasteiger partial charge on any atom is 0.191 e. The van der Waals surface area contributed by atoms with Crippen LogP contribution in [0.25, 0.3) is 0 Å². The Labute approximate surface area is 199 Å². The van der Waals surface area contributed by atoms with Gasteiger partial charge in [-0.2, -0.15) is 0 Å². The van der Waals surface area contributed by atoms with Gasteiger partial charge in [0, 0.05) is 59.9 Å². The summed E-state index contributed by atoms with van der Waals surface area (Å²) in [6.07, 6.45) is 1.07. The van der Waals surface area contributed by atoms with E-state index in [2.05, 4.69) is 46.5 Å². The monoisotopic (exact) mass is 534 g/mol. The van der Waals surface area contributed by atoms with Gasteiger partial charge in [0.2, 0.25) is 0 Å². The first-order chi connectivity index (χ1) is 14.1. The van der Waals surface area contributed by atoms with E-state index in [0.29, 0.717) is 25.7 Å². The lowest BCUT2D eigenvalue weighted by Crippen LogP contribution is -2.50. The molecule has 1 atom stereocenters. The number of methoxy groups -OCH3 is 1. The van der Waals surface area contributed by atoms with E-state index in [0.717, 1.165) is 56.5 Å². The Bertz CT molecular complexity index is 616. The molecule has 1 unspecified atom stereocenters. The third kappa shape index (κ3) is 10.8. The number of aliphatic imine (C=N–C) groups is 1. The highest BCUT2D eigenvalue weighted by molar-refractivity contribution is 14.0. The molecular weight excluding hydrogens is 495 g/mol. The van der Waals surface area contributed by atoms with Gasteiger partial charge in [0.1, 0.15) is 5.75 Å². The molecule has 0 bridgehead atoms. The lowest BCUT2D eigenvalue weighted by atomic mass is 10.2. The normalized spacial score (nSPS) is 17.5. The van der Waals surface area contributed by atoms with Crippen LogP contribution in [0.4, 0.5) is 0 Å². The minimum Gasteiger partial charge on any atom is -0.493 e. The fourth-order valence-electron chi connectivity index (χ4n) is 3.34. The van der Waals surface area contributed by atoms with Crippen molar-refractivity contribution in [1.82, 2.24) is 15.5 Å². The van der Waals surface area contributed by atoms with E-state index in [1.807, 2.05) is 12.1 Å². The van der Waals surface area contributed by atoms with Crippen LogP contribution in [0.2, 0.25) is 0 Å². The van der Waals surface area contributed by atoms with E-state index in [4.69, 9.17) is 14.2 Å². The molecule has 0 amide bonds. The lowest BCUT2D eigenvalue weighted by Gasteiger charge is -2.34. The number of guanidine groups is 1. The topological polar surface area (TPSA) is 67.4 Å². The average Bonchev–Trinajstić information content (AvgIpc) is 2.71. The van der Waals surface area contributed by atoms with Crippen LogP contribution < -0.4 is 15.4 Å². The molecule has 1 aromatic rings. The van der Waals surface area contributed by atoms with Crippen molar-refractivity contribution in [3.63, 3.8) is 0 Å². The summed E-state index contributed by atoms with van der Waals surface area (Å²) in [6.45, 7) is 11.2. The molecule has 1 aliphatic rings. The molecule has 0 aliphatic carbocycles. The standard InChI is InChI=1S/C22H38N4O3.HI/c1-18(2)16-26-9-12-29-21(17-26)15-25-22(23-3)24-14-19-7-5-8-20(13-19)28-11-6-10-27-4;/h5,7-8,13,18,21H,6,9-12,14-17H2,1-4H3,(H2,23,24,25);1H. The second-order valence-electron chi connectivity index (χ2n) is 7.80. The number of halogens is 1. The largest absolute Gasteiger partial charge is 0.493 e. The van der Waals surface area contributed by atoms with Crippen LogP contribution in [0.5, 0.6) is 5.75 Å². The summed E-state index contributed by atoms with van der Waals surface area (Å²) in [7, 11) is 3.49. The molecule has 30 heavy (non-hydrogen) atoms. The Morgan fingerprint density at radius 2 is 2.13 bits per heavy atom. The van der Waals surface area contributed by atoms with Crippen molar-refractivity contribution in [3.8, 4) is 5.75 Å². The highest BCUT2D eigenvalue weighted by atomic mass is 127. The van der Waals surface area contributed by atoms with Gasteiger partial charge in [0.25, 0.3) is 0 Å². The molecule has 0 saturated carbocycles. The van der Waals surface area contributed by atoms with Gasteiger partial charge in [-0.1, -0.05) is 26.0 Å². The van der Waals surface area contributed by atoms with Crippen LogP contribution >= 0.6 is 24.0 Å². The molecule has 8 heteroatoms. The molecule has 2 rings (SSSR count). The van der Waals surface area contributed by atoms with E-state index in [-0.39, 0.29) is 30.1 Å². The number of nitrogens with one attached hydrogen (secondary N) is 2. The van der Waals surface area contributed by atoms with Crippen molar-refractivity contribution in [2.24, 2.45) is 10.9 Å². The smallest absolute Gasteiger partial charge is 0.191 e. The van der Waals surface area contributed by atoms with Crippen LogP contribution in [0.1, 0.15) is 25.8 Å². The predicted molar refractivity (Wildman–Crippen MR) is 133 cm³/mol. The van der Waals surface area contributed by atoms with Crippen LogP contribution in [0.3, 0.4) is 0 Å². The summed E-state index contributed by atoms with van der Waals surface area (Å²) in [5, 5.41) is 6.75. The molecule has 172 valence electrons. The molecule has 2 N–H and O–H groups in total. The van der Waals surface area contributed by atoms with E-state index >= 15 is 0 Å². The first kappa shape index (κ1) is 26.9. The molecule has 1 saturated heterocycles. The van der Waals surface area contributed by atoms with Gasteiger partial charge in [-0.3, -0.25) is 9.89 Å². The summed E-state index contributed by atoms with van der Waals surface area (Å²) in [5.41, 5.74) is 1.15. The highest BCUT2D eigenvalue weighted by Gasteiger charge is 2.21. The molecule has 1 aromatic carbocycles.